The van der Waals surface area contributed by atoms with Crippen LogP contribution >= 0.6 is 0 Å². The van der Waals surface area contributed by atoms with Gasteiger partial charge in [-0.3, -0.25) is 14.4 Å². The van der Waals surface area contributed by atoms with Gasteiger partial charge in [0.25, 0.3) is 0 Å². The number of para-hydroxylation sites is 1. The number of H-pyrrole nitrogens is 1. The summed E-state index contributed by atoms with van der Waals surface area (Å²) in [4.78, 5) is 48.4. The quantitative estimate of drug-likeness (QED) is 0.246. The number of aromatic amines is 1. The van der Waals surface area contributed by atoms with Crippen LogP contribution in [0.15, 0.2) is 30.5 Å². The molecule has 9 nitrogen and oxygen atoms in total. The zero-order valence-electron chi connectivity index (χ0n) is 17.9. The molecule has 2 rings (SSSR count). The zero-order chi connectivity index (χ0) is 24.3. The molecule has 0 aliphatic rings. The lowest BCUT2D eigenvalue weighted by Crippen LogP contribution is -2.49. The van der Waals surface area contributed by atoms with Gasteiger partial charge in [0.1, 0.15) is 29.6 Å². The Labute approximate surface area is 190 Å². The molecule has 1 aromatic heterocycles. The summed E-state index contributed by atoms with van der Waals surface area (Å²) in [5, 5.41) is 10.3. The fraction of sp³-hybridized carbons (Fsp3) is 0.350. The maximum atomic E-state index is 11.8. The average molecular weight is 432 g/mol. The van der Waals surface area contributed by atoms with Crippen LogP contribution in [0.25, 0.3) is 10.9 Å². The molecule has 1 heterocycles. The first-order chi connectivity index (χ1) is 14.9. The van der Waals surface area contributed by atoms with E-state index in [0.29, 0.717) is 6.21 Å². The van der Waals surface area contributed by atoms with Gasteiger partial charge < -0.3 is 25.8 Å². The molecular weight excluding hydrogens is 409 g/mol. The van der Waals surface area contributed by atoms with Crippen molar-refractivity contribution in [3.8, 4) is 0 Å². The summed E-state index contributed by atoms with van der Waals surface area (Å²) in [7, 11) is 15.4. The fourth-order valence-corrected chi connectivity index (χ4v) is 2.52. The maximum absolute atomic E-state index is 11.8. The molecule has 0 saturated carbocycles. The van der Waals surface area contributed by atoms with Crippen LogP contribution in [0.1, 0.15) is 25.3 Å². The largest absolute Gasteiger partial charge is 0.487 e. The number of amides is 2. The van der Waals surface area contributed by atoms with Crippen molar-refractivity contribution in [1.82, 2.24) is 15.6 Å². The van der Waals surface area contributed by atoms with Crippen LogP contribution in [0.4, 0.5) is 0 Å². The van der Waals surface area contributed by atoms with Crippen molar-refractivity contribution in [2.75, 3.05) is 6.54 Å². The Morgan fingerprint density at radius 1 is 1.22 bits per heavy atom. The second-order valence-corrected chi connectivity index (χ2v) is 6.97. The van der Waals surface area contributed by atoms with Gasteiger partial charge in [-0.25, -0.2) is 4.79 Å². The first-order valence-electron chi connectivity index (χ1n) is 9.62. The molecule has 1 atom stereocenters. The van der Waals surface area contributed by atoms with Gasteiger partial charge in [-0.05, 0) is 30.3 Å². The minimum atomic E-state index is -2.23. The highest BCUT2D eigenvalue weighted by molar-refractivity contribution is 6.58. The van der Waals surface area contributed by atoms with Gasteiger partial charge in [0.2, 0.25) is 11.8 Å². The van der Waals surface area contributed by atoms with Gasteiger partial charge in [-0.15, -0.1) is 0 Å². The summed E-state index contributed by atoms with van der Waals surface area (Å²) in [5.74, 6) is -2.70. The van der Waals surface area contributed by atoms with E-state index >= 15 is 0 Å². The van der Waals surface area contributed by atoms with E-state index in [4.69, 9.17) is 28.9 Å². The number of rotatable bonds is 9. The lowest BCUT2D eigenvalue weighted by molar-refractivity contribution is -0.148. The number of hydrogen-bond donors (Lipinski definition) is 4. The molecular formula is C20H23B3N4O5. The van der Waals surface area contributed by atoms with Gasteiger partial charge in [-0.1, -0.05) is 18.2 Å². The number of aromatic nitrogens is 1. The van der Waals surface area contributed by atoms with Crippen molar-refractivity contribution in [2.45, 2.75) is 38.0 Å². The molecule has 162 valence electrons. The number of hydrogen-bond acceptors (Lipinski definition) is 6. The second-order valence-electron chi connectivity index (χ2n) is 6.97. The van der Waals surface area contributed by atoms with Crippen molar-refractivity contribution in [1.29, 1.82) is 5.41 Å². The Bertz CT molecular complexity index is 972. The normalized spacial score (nSPS) is 11.4. The van der Waals surface area contributed by atoms with Crippen molar-refractivity contribution in [3.05, 3.63) is 36.0 Å². The third-order valence-electron chi connectivity index (χ3n) is 4.03. The van der Waals surface area contributed by atoms with E-state index in [1.54, 1.807) is 0 Å². The minimum Gasteiger partial charge on any atom is -0.487 e. The van der Waals surface area contributed by atoms with Crippen molar-refractivity contribution < 1.29 is 23.9 Å². The number of ether oxygens (including phenoxy) is 1. The van der Waals surface area contributed by atoms with Gasteiger partial charge in [-0.2, -0.15) is 0 Å². The Hall–Kier alpha value is -3.30. The molecule has 1 aromatic carbocycles. The highest BCUT2D eigenvalue weighted by Crippen LogP contribution is 2.15. The van der Waals surface area contributed by atoms with Crippen LogP contribution in [0.5, 0.6) is 0 Å². The number of carbonyl (C=O) groups excluding carboxylic acids is 4. The van der Waals surface area contributed by atoms with Crippen LogP contribution in [0, 0.1) is 12.3 Å². The molecule has 0 spiro atoms. The molecule has 0 fully saturated rings. The Morgan fingerprint density at radius 3 is 2.44 bits per heavy atom. The van der Waals surface area contributed by atoms with E-state index in [-0.39, 0.29) is 19.4 Å². The molecule has 2 aromatic rings. The molecule has 1 unspecified atom stereocenters. The summed E-state index contributed by atoms with van der Waals surface area (Å²) in [5.41, 5.74) is 2.54. The fourth-order valence-electron chi connectivity index (χ4n) is 2.52. The van der Waals surface area contributed by atoms with Crippen LogP contribution in [0.2, 0.25) is 0 Å². The standard InChI is InChI=1S/C11H14B3N3O5.C9H9N/c1-6(18)16-5-9(20)17-8(3-2-7(19)4-15)10(21)22-11(12,13)14;1-7-6-10-9-5-3-2-4-8(7)9/h4,8,15H,2-3,5H2,1H3,(H,16,18)(H,17,20);2-6,10H,1H3. The van der Waals surface area contributed by atoms with Crippen LogP contribution in [0.3, 0.4) is 0 Å². The number of aryl methyl sites for hydroxylation is 1. The van der Waals surface area contributed by atoms with Crippen molar-refractivity contribution >= 4 is 64.2 Å². The molecule has 0 bridgehead atoms. The zero-order valence-corrected chi connectivity index (χ0v) is 17.9. The van der Waals surface area contributed by atoms with E-state index in [2.05, 4.69) is 45.5 Å². The van der Waals surface area contributed by atoms with Gasteiger partial charge >= 0.3 is 5.97 Å². The molecule has 12 heteroatoms. The Kier molecular flexibility index (Phi) is 10.5. The molecule has 4 N–H and O–H groups in total. The van der Waals surface area contributed by atoms with Crippen LogP contribution < -0.4 is 10.6 Å². The third kappa shape index (κ3) is 10.1. The lowest BCUT2D eigenvalue weighted by Gasteiger charge is -2.25. The maximum Gasteiger partial charge on any atom is 0.326 e. The summed E-state index contributed by atoms with van der Waals surface area (Å²) in [6.45, 7) is 2.96. The highest BCUT2D eigenvalue weighted by atomic mass is 16.5. The highest BCUT2D eigenvalue weighted by Gasteiger charge is 2.26. The van der Waals surface area contributed by atoms with Gasteiger partial charge in [0.05, 0.1) is 12.8 Å². The number of ketones is 1. The van der Waals surface area contributed by atoms with E-state index in [0.717, 1.165) is 0 Å². The van der Waals surface area contributed by atoms with Crippen LogP contribution in [-0.4, -0.2) is 76.2 Å². The number of Topliss-reactive ketones (excluding diaryl/α,β-unsaturated/α-hetero) is 1. The smallest absolute Gasteiger partial charge is 0.326 e. The summed E-state index contributed by atoms with van der Waals surface area (Å²) < 4.78 is 4.52. The SMILES string of the molecule is Cc1c[nH]c2ccccc12.[B]C([B])([B])OC(=O)C(CCC(=O)C=N)NC(=O)CNC(C)=O. The number of carbonyl (C=O) groups is 4. The van der Waals surface area contributed by atoms with Crippen LogP contribution in [-0.2, 0) is 23.9 Å². The van der Waals surface area contributed by atoms with Crippen molar-refractivity contribution in [2.24, 2.45) is 0 Å². The lowest BCUT2D eigenvalue weighted by atomic mass is 9.52. The topological polar surface area (TPSA) is 141 Å². The first-order valence-corrected chi connectivity index (χ1v) is 9.62. The van der Waals surface area contributed by atoms with E-state index < -0.39 is 34.9 Å². The third-order valence-corrected chi connectivity index (χ3v) is 4.03. The molecule has 0 saturated heterocycles. The number of benzene rings is 1. The van der Waals surface area contributed by atoms with E-state index in [1.807, 2.05) is 12.3 Å². The first kappa shape index (κ1) is 26.7. The summed E-state index contributed by atoms with van der Waals surface area (Å²) in [6.07, 6.45) is 2.29. The summed E-state index contributed by atoms with van der Waals surface area (Å²) >= 11 is 0. The monoisotopic (exact) mass is 432 g/mol. The van der Waals surface area contributed by atoms with Gasteiger partial charge in [0.15, 0.2) is 5.78 Å². The Balaban J connectivity index is 0.000000416. The predicted octanol–water partition coefficient (Wildman–Crippen LogP) is -0.258. The second kappa shape index (κ2) is 12.5. The number of fused-ring (bicyclic) bond motifs is 1. The van der Waals surface area contributed by atoms with E-state index in [9.17, 15) is 19.2 Å². The predicted molar refractivity (Wildman–Crippen MR) is 123 cm³/mol. The molecule has 0 aliphatic carbocycles. The van der Waals surface area contributed by atoms with Crippen molar-refractivity contribution in [3.63, 3.8) is 0 Å². The van der Waals surface area contributed by atoms with E-state index in [1.165, 1.54) is 23.4 Å². The average Bonchev–Trinajstić information content (AvgIpc) is 3.09. The minimum absolute atomic E-state index is 0.144. The Morgan fingerprint density at radius 2 is 1.88 bits per heavy atom. The molecule has 0 aliphatic heterocycles. The number of esters is 1. The molecule has 2 amide bonds. The summed E-state index contributed by atoms with van der Waals surface area (Å²) in [6, 6.07) is 7.06. The van der Waals surface area contributed by atoms with Gasteiger partial charge in [0, 0.05) is 30.4 Å². The molecule has 6 radical (unpaired) electrons. The molecule has 32 heavy (non-hydrogen) atoms. The number of nitrogens with one attached hydrogen (secondary N) is 4.